The second-order valence-corrected chi connectivity index (χ2v) is 18.4. The van der Waals surface area contributed by atoms with Crippen molar-refractivity contribution in [1.82, 2.24) is 47.4 Å². The highest BCUT2D eigenvalue weighted by Gasteiger charge is 2.39. The number of Topliss-reactive ketones (excluding diaryl/α,β-unsaturated/α-hetero) is 1. The molecule has 1 aromatic carbocycles. The predicted octanol–water partition coefficient (Wildman–Crippen LogP) is -1.64. The number of hydrogen-bond donors (Lipinski definition) is 10. The molecule has 1 aliphatic heterocycles. The highest BCUT2D eigenvalue weighted by Crippen LogP contribution is 2.32. The molecule has 358 valence electrons. The van der Waals surface area contributed by atoms with Gasteiger partial charge in [0.1, 0.15) is 6.04 Å². The van der Waals surface area contributed by atoms with Crippen molar-refractivity contribution in [3.8, 4) is 0 Å². The van der Waals surface area contributed by atoms with Gasteiger partial charge in [-0.25, -0.2) is 0 Å². The average molecular weight is 1060 g/mol. The van der Waals surface area contributed by atoms with E-state index in [0.29, 0.717) is 16.7 Å². The van der Waals surface area contributed by atoms with E-state index >= 15 is 0 Å². The first-order chi connectivity index (χ1) is 30.7. The Labute approximate surface area is 396 Å². The minimum Gasteiger partial charge on any atom is -0.393 e. The number of imide groups is 1. The molecule has 1 heterocycles. The fourth-order valence-electron chi connectivity index (χ4n) is 6.35. The normalized spacial score (nSPS) is 17.8. The summed E-state index contributed by atoms with van der Waals surface area (Å²) in [7, 11) is 0. The quantitative estimate of drug-likeness (QED) is 0.0492. The molecule has 1 saturated carbocycles. The first-order valence-electron chi connectivity index (χ1n) is 20.8. The number of anilines is 1. The van der Waals surface area contributed by atoms with Gasteiger partial charge in [-0.2, -0.15) is 0 Å². The molecule has 0 bridgehead atoms. The largest absolute Gasteiger partial charge is 0.393 e. The lowest BCUT2D eigenvalue weighted by Gasteiger charge is -2.27. The molecule has 0 spiro atoms. The fraction of sp³-hybridized carbons (Fsp3) is 0.575. The Hall–Kier alpha value is -4.98. The van der Waals surface area contributed by atoms with Crippen LogP contribution in [0.5, 0.6) is 0 Å². The minimum absolute atomic E-state index is 0.00640. The lowest BCUT2D eigenvalue weighted by molar-refractivity contribution is -0.138. The van der Waals surface area contributed by atoms with Gasteiger partial charge in [-0.3, -0.25) is 57.6 Å². The van der Waals surface area contributed by atoms with Gasteiger partial charge in [0.05, 0.1) is 55.8 Å². The second-order valence-electron chi connectivity index (χ2n) is 15.3. The molecular weight excluding hydrogens is 1000 g/mol. The van der Waals surface area contributed by atoms with E-state index in [-0.39, 0.29) is 55.4 Å². The molecule has 1 aromatic rings. The molecule has 10 amide bonds. The van der Waals surface area contributed by atoms with Crippen LogP contribution in [0.15, 0.2) is 21.1 Å². The van der Waals surface area contributed by atoms with Crippen LogP contribution in [0.1, 0.15) is 71.3 Å². The smallest absolute Gasteiger partial charge is 0.243 e. The number of nitrogens with one attached hydrogen (secondary N) is 9. The Kier molecular flexibility index (Phi) is 23.0. The number of aliphatic hydroxyl groups is 1. The molecule has 1 aliphatic carbocycles. The third-order valence-corrected chi connectivity index (χ3v) is 12.4. The Balaban J connectivity index is 1.36. The summed E-state index contributed by atoms with van der Waals surface area (Å²) in [5.74, 6) is -6.62. The van der Waals surface area contributed by atoms with Gasteiger partial charge in [0.15, 0.2) is 5.78 Å². The van der Waals surface area contributed by atoms with Crippen LogP contribution in [0, 0.1) is 0 Å². The van der Waals surface area contributed by atoms with Crippen molar-refractivity contribution in [2.24, 2.45) is 0 Å². The zero-order chi connectivity index (χ0) is 48.2. The van der Waals surface area contributed by atoms with Gasteiger partial charge in [0.25, 0.3) is 0 Å². The van der Waals surface area contributed by atoms with Gasteiger partial charge in [0, 0.05) is 53.6 Å². The number of likely N-dealkylation sites (tertiary alicyclic amines) is 1. The number of halogens is 2. The van der Waals surface area contributed by atoms with E-state index in [1.807, 2.05) is 12.1 Å². The van der Waals surface area contributed by atoms with Gasteiger partial charge >= 0.3 is 0 Å². The lowest BCUT2D eigenvalue weighted by atomic mass is 9.93. The molecule has 2 fully saturated rings. The Morgan fingerprint density at radius 3 is 1.88 bits per heavy atom. The van der Waals surface area contributed by atoms with Crippen LogP contribution in [0.2, 0.25) is 0 Å². The maximum absolute atomic E-state index is 13.2. The van der Waals surface area contributed by atoms with Gasteiger partial charge in [-0.05, 0) is 79.6 Å². The molecule has 3 atom stereocenters. The first-order valence-corrected chi connectivity index (χ1v) is 23.4. The van der Waals surface area contributed by atoms with Crippen LogP contribution < -0.4 is 47.9 Å². The monoisotopic (exact) mass is 1060 g/mol. The summed E-state index contributed by atoms with van der Waals surface area (Å²) in [5, 5.41) is 31.6. The molecule has 25 heteroatoms. The van der Waals surface area contributed by atoms with Crippen molar-refractivity contribution in [3.63, 3.8) is 0 Å². The molecule has 3 rings (SSSR count). The third kappa shape index (κ3) is 20.0. The summed E-state index contributed by atoms with van der Waals surface area (Å²) < 4.78 is 1.49. The van der Waals surface area contributed by atoms with Crippen molar-refractivity contribution < 1.29 is 57.8 Å². The van der Waals surface area contributed by atoms with Crippen molar-refractivity contribution >= 4 is 114 Å². The molecule has 2 aliphatic rings. The highest BCUT2D eigenvalue weighted by atomic mass is 79.9. The maximum atomic E-state index is 13.2. The number of ketones is 1. The second kappa shape index (κ2) is 27.5. The van der Waals surface area contributed by atoms with Crippen molar-refractivity contribution in [3.05, 3.63) is 26.6 Å². The Bertz CT molecular complexity index is 1970. The van der Waals surface area contributed by atoms with E-state index in [1.54, 1.807) is 0 Å². The zero-order valence-electron chi connectivity index (χ0n) is 36.2. The Morgan fingerprint density at radius 2 is 1.32 bits per heavy atom. The van der Waals surface area contributed by atoms with E-state index in [1.165, 1.54) is 20.8 Å². The molecule has 22 nitrogen and oxygen atoms in total. The molecule has 0 radical (unpaired) electrons. The van der Waals surface area contributed by atoms with E-state index in [9.17, 15) is 57.8 Å². The Morgan fingerprint density at radius 1 is 0.769 bits per heavy atom. The van der Waals surface area contributed by atoms with Crippen LogP contribution in [0.4, 0.5) is 5.69 Å². The van der Waals surface area contributed by atoms with E-state index in [2.05, 4.69) is 79.7 Å². The molecular formula is C40H56Br2N10O12S. The summed E-state index contributed by atoms with van der Waals surface area (Å²) >= 11 is 8.00. The minimum atomic E-state index is -1.20. The molecule has 1 saturated heterocycles. The van der Waals surface area contributed by atoms with Gasteiger partial charge in [-0.1, -0.05) is 15.9 Å². The topological polar surface area (TPSA) is 320 Å². The number of amides is 10. The first kappa shape index (κ1) is 54.4. The zero-order valence-corrected chi connectivity index (χ0v) is 40.2. The maximum Gasteiger partial charge on any atom is 0.243 e. The van der Waals surface area contributed by atoms with Crippen LogP contribution in [-0.2, 0) is 59.3 Å². The molecule has 0 aromatic heterocycles. The fourth-order valence-corrected chi connectivity index (χ4v) is 8.95. The number of nitrogens with zero attached hydrogens (tertiary/aromatic N) is 1. The number of hydrogen-bond acceptors (Lipinski definition) is 14. The standard InChI is InChI=1S/C40H56Br2N10O12S/c1-21(22(2)53)49-36(61)19-47-34(59)17-45-32(57)15-44-33(58)16-46-35(60)18-48-39(63)29(50-23(3)54)20-65-30-13-37(62)52(40(30)64)10-4-5-31(56)51-38-24(11-25(41)12-28(38)42)14-43-26-6-8-27(55)9-7-26/h11-12,21,26-27,29-30,43,55H,4-10,13-20H2,1-3H3,(H,44,58)(H,45,57)(H,46,60)(H,47,59)(H,48,63)(H,49,61)(H,50,54)(H,51,56). The van der Waals surface area contributed by atoms with Gasteiger partial charge in [0.2, 0.25) is 59.1 Å². The number of carbonyl (C=O) groups excluding carboxylic acids is 11. The number of aliphatic hydroxyl groups excluding tert-OH is 1. The van der Waals surface area contributed by atoms with Gasteiger partial charge in [-0.15, -0.1) is 11.8 Å². The summed E-state index contributed by atoms with van der Waals surface area (Å²) in [6, 6.07) is 2.04. The van der Waals surface area contributed by atoms with Crippen LogP contribution in [0.3, 0.4) is 0 Å². The number of thioether (sulfide) groups is 1. The predicted molar refractivity (Wildman–Crippen MR) is 243 cm³/mol. The van der Waals surface area contributed by atoms with Crippen molar-refractivity contribution in [2.45, 2.75) is 102 Å². The number of rotatable bonds is 25. The van der Waals surface area contributed by atoms with Crippen LogP contribution in [0.25, 0.3) is 0 Å². The van der Waals surface area contributed by atoms with E-state index < -0.39 is 103 Å². The van der Waals surface area contributed by atoms with Crippen LogP contribution in [-0.4, -0.2) is 149 Å². The van der Waals surface area contributed by atoms with E-state index in [0.717, 1.165) is 52.4 Å². The average Bonchev–Trinajstić information content (AvgIpc) is 3.52. The molecule has 65 heavy (non-hydrogen) atoms. The molecule has 3 unspecified atom stereocenters. The highest BCUT2D eigenvalue weighted by molar-refractivity contribution is 9.11. The van der Waals surface area contributed by atoms with Gasteiger partial charge < -0.3 is 53.0 Å². The SMILES string of the molecule is CC(=O)NC(CSC1CC(=O)N(CCCC(=O)Nc2c(Br)cc(Br)cc2CNC2CCC(O)CC2)C1=O)C(=O)NCC(=O)NCC(=O)NCC(=O)NCC(=O)NCC(=O)NC(C)C(C)=O. The number of benzene rings is 1. The number of carbonyl (C=O) groups is 11. The summed E-state index contributed by atoms with van der Waals surface area (Å²) in [6.07, 6.45) is 2.94. The summed E-state index contributed by atoms with van der Waals surface area (Å²) in [6.45, 7) is 1.79. The lowest BCUT2D eigenvalue weighted by Crippen LogP contribution is -2.51. The summed E-state index contributed by atoms with van der Waals surface area (Å²) in [5.41, 5.74) is 1.44. The van der Waals surface area contributed by atoms with Crippen molar-refractivity contribution in [2.75, 3.05) is 50.3 Å². The van der Waals surface area contributed by atoms with E-state index in [4.69, 9.17) is 0 Å². The van der Waals surface area contributed by atoms with Crippen LogP contribution >= 0.6 is 43.6 Å². The molecule has 10 N–H and O–H groups in total. The third-order valence-electron chi connectivity index (χ3n) is 10.0. The summed E-state index contributed by atoms with van der Waals surface area (Å²) in [4.78, 5) is 136. The van der Waals surface area contributed by atoms with Crippen molar-refractivity contribution in [1.29, 1.82) is 0 Å².